The first-order valence-electron chi connectivity index (χ1n) is 8.60. The molecule has 1 aromatic carbocycles. The summed E-state index contributed by atoms with van der Waals surface area (Å²) in [5.41, 5.74) is 1.22. The van der Waals surface area contributed by atoms with E-state index in [9.17, 15) is 13.7 Å². The number of benzene rings is 1. The van der Waals surface area contributed by atoms with Gasteiger partial charge in [-0.1, -0.05) is 13.8 Å². The molecular formula is C18H22N6O2S. The van der Waals surface area contributed by atoms with Gasteiger partial charge in [-0.2, -0.15) is 10.2 Å². The quantitative estimate of drug-likeness (QED) is 0.826. The van der Waals surface area contributed by atoms with Gasteiger partial charge in [-0.05, 0) is 42.5 Å². The molecule has 27 heavy (non-hydrogen) atoms. The Labute approximate surface area is 159 Å². The summed E-state index contributed by atoms with van der Waals surface area (Å²) in [5, 5.41) is 17.6. The van der Waals surface area contributed by atoms with E-state index < -0.39 is 10.0 Å². The second-order valence-electron chi connectivity index (χ2n) is 7.43. The van der Waals surface area contributed by atoms with Gasteiger partial charge in [0.1, 0.15) is 11.6 Å². The van der Waals surface area contributed by atoms with Crippen LogP contribution in [0.5, 0.6) is 0 Å². The highest BCUT2D eigenvalue weighted by molar-refractivity contribution is 7.89. The summed E-state index contributed by atoms with van der Waals surface area (Å²) in [6.45, 7) is 6.08. The smallest absolute Gasteiger partial charge is 0.238 e. The van der Waals surface area contributed by atoms with E-state index in [-0.39, 0.29) is 10.3 Å². The van der Waals surface area contributed by atoms with Crippen molar-refractivity contribution < 1.29 is 8.42 Å². The lowest BCUT2D eigenvalue weighted by Gasteiger charge is -2.39. The first kappa shape index (κ1) is 19.1. The predicted octanol–water partition coefficient (Wildman–Crippen LogP) is 2.37. The molecular weight excluding hydrogens is 364 g/mol. The first-order valence-corrected chi connectivity index (χ1v) is 10.1. The Morgan fingerprint density at radius 3 is 2.59 bits per heavy atom. The number of anilines is 3. The molecule has 8 nitrogen and oxygen atoms in total. The summed E-state index contributed by atoms with van der Waals surface area (Å²) in [7, 11) is -3.74. The lowest BCUT2D eigenvalue weighted by atomic mass is 9.84. The summed E-state index contributed by atoms with van der Waals surface area (Å²) < 4.78 is 22.7. The Kier molecular flexibility index (Phi) is 5.04. The number of aromatic nitrogens is 2. The van der Waals surface area contributed by atoms with Crippen LogP contribution in [-0.2, 0) is 10.0 Å². The van der Waals surface area contributed by atoms with Gasteiger partial charge in [0.15, 0.2) is 5.82 Å². The van der Waals surface area contributed by atoms with Crippen LogP contribution in [0.3, 0.4) is 0 Å². The van der Waals surface area contributed by atoms with Crippen LogP contribution in [-0.4, -0.2) is 31.5 Å². The number of rotatable bonds is 4. The molecule has 1 aliphatic heterocycles. The van der Waals surface area contributed by atoms with Crippen molar-refractivity contribution in [2.75, 3.05) is 23.3 Å². The highest BCUT2D eigenvalue weighted by atomic mass is 32.2. The van der Waals surface area contributed by atoms with Crippen LogP contribution in [0.1, 0.15) is 32.3 Å². The second-order valence-corrected chi connectivity index (χ2v) is 8.99. The van der Waals surface area contributed by atoms with Crippen LogP contribution in [0.4, 0.5) is 17.5 Å². The lowest BCUT2D eigenvalue weighted by molar-refractivity contribution is 0.292. The molecule has 0 radical (unpaired) electrons. The lowest BCUT2D eigenvalue weighted by Crippen LogP contribution is -2.41. The number of piperidine rings is 1. The molecule has 142 valence electrons. The molecule has 1 aromatic heterocycles. The number of hydrogen-bond donors (Lipinski definition) is 2. The standard InChI is InChI=1S/C18H22N6O2S/c1-18(2)8-3-9-24(12-18)16-13(10-19)11-21-17(23-16)22-14-4-6-15(7-5-14)27(20,25)26/h4-7,11H,3,8-9,12H2,1-2H3,(H2,20,25,26)(H,21,22,23). The van der Waals surface area contributed by atoms with Crippen molar-refractivity contribution >= 4 is 27.5 Å². The van der Waals surface area contributed by atoms with Gasteiger partial charge in [0.2, 0.25) is 16.0 Å². The van der Waals surface area contributed by atoms with Crippen molar-refractivity contribution in [2.24, 2.45) is 10.6 Å². The number of sulfonamides is 1. The molecule has 1 saturated heterocycles. The molecule has 3 N–H and O–H groups in total. The second kappa shape index (κ2) is 7.13. The average Bonchev–Trinajstić information content (AvgIpc) is 2.60. The largest absolute Gasteiger partial charge is 0.355 e. The Morgan fingerprint density at radius 1 is 1.30 bits per heavy atom. The number of nitrogens with one attached hydrogen (secondary N) is 1. The number of primary sulfonamides is 1. The molecule has 2 aromatic rings. The molecule has 0 saturated carbocycles. The van der Waals surface area contributed by atoms with Gasteiger partial charge in [0, 0.05) is 18.8 Å². The molecule has 0 aliphatic carbocycles. The van der Waals surface area contributed by atoms with E-state index in [0.717, 1.165) is 25.9 Å². The first-order chi connectivity index (χ1) is 12.7. The van der Waals surface area contributed by atoms with Crippen LogP contribution in [0.25, 0.3) is 0 Å². The fourth-order valence-electron chi connectivity index (χ4n) is 3.21. The zero-order valence-corrected chi connectivity index (χ0v) is 16.1. The summed E-state index contributed by atoms with van der Waals surface area (Å²) in [5.74, 6) is 0.958. The van der Waals surface area contributed by atoms with E-state index in [4.69, 9.17) is 5.14 Å². The summed E-state index contributed by atoms with van der Waals surface area (Å²) >= 11 is 0. The molecule has 3 rings (SSSR count). The van der Waals surface area contributed by atoms with E-state index >= 15 is 0 Å². The van der Waals surface area contributed by atoms with E-state index in [1.54, 1.807) is 12.1 Å². The number of nitrogens with two attached hydrogens (primary N) is 1. The maximum absolute atomic E-state index is 11.3. The van der Waals surface area contributed by atoms with Crippen LogP contribution >= 0.6 is 0 Å². The van der Waals surface area contributed by atoms with E-state index in [1.165, 1.54) is 18.3 Å². The van der Waals surface area contributed by atoms with Crippen LogP contribution in [0.15, 0.2) is 35.4 Å². The van der Waals surface area contributed by atoms with Crippen molar-refractivity contribution in [2.45, 2.75) is 31.6 Å². The highest BCUT2D eigenvalue weighted by Crippen LogP contribution is 2.32. The van der Waals surface area contributed by atoms with Gasteiger partial charge in [-0.15, -0.1) is 0 Å². The summed E-state index contributed by atoms with van der Waals surface area (Å²) in [6, 6.07) is 8.16. The molecule has 0 unspecified atom stereocenters. The fraction of sp³-hybridized carbons (Fsp3) is 0.389. The molecule has 0 atom stereocenters. The monoisotopic (exact) mass is 386 g/mol. The van der Waals surface area contributed by atoms with Crippen LogP contribution in [0.2, 0.25) is 0 Å². The van der Waals surface area contributed by atoms with E-state index in [1.807, 2.05) is 0 Å². The maximum Gasteiger partial charge on any atom is 0.238 e. The highest BCUT2D eigenvalue weighted by Gasteiger charge is 2.28. The summed E-state index contributed by atoms with van der Waals surface area (Å²) in [6.07, 6.45) is 3.68. The van der Waals surface area contributed by atoms with Gasteiger partial charge in [0.25, 0.3) is 0 Å². The van der Waals surface area contributed by atoms with E-state index in [0.29, 0.717) is 23.0 Å². The van der Waals surface area contributed by atoms with Crippen molar-refractivity contribution in [1.29, 1.82) is 5.26 Å². The Bertz CT molecular complexity index is 980. The molecule has 1 aliphatic rings. The van der Waals surface area contributed by atoms with Gasteiger partial charge in [-0.3, -0.25) is 0 Å². The minimum absolute atomic E-state index is 0.0324. The third-order valence-corrected chi connectivity index (χ3v) is 5.46. The Balaban J connectivity index is 1.86. The molecule has 0 bridgehead atoms. The minimum Gasteiger partial charge on any atom is -0.355 e. The van der Waals surface area contributed by atoms with Crippen molar-refractivity contribution in [3.8, 4) is 6.07 Å². The minimum atomic E-state index is -3.74. The number of nitrogens with zero attached hydrogens (tertiary/aromatic N) is 4. The van der Waals surface area contributed by atoms with Gasteiger partial charge in [-0.25, -0.2) is 18.5 Å². The number of hydrogen-bond acceptors (Lipinski definition) is 7. The fourth-order valence-corrected chi connectivity index (χ4v) is 3.73. The van der Waals surface area contributed by atoms with Gasteiger partial charge >= 0.3 is 0 Å². The van der Waals surface area contributed by atoms with Gasteiger partial charge < -0.3 is 10.2 Å². The number of nitriles is 1. The predicted molar refractivity (Wildman–Crippen MR) is 103 cm³/mol. The Morgan fingerprint density at radius 2 is 2.00 bits per heavy atom. The molecule has 0 spiro atoms. The van der Waals surface area contributed by atoms with Crippen LogP contribution in [0, 0.1) is 16.7 Å². The van der Waals surface area contributed by atoms with Crippen LogP contribution < -0.4 is 15.4 Å². The molecule has 0 amide bonds. The Hall–Kier alpha value is -2.70. The zero-order valence-electron chi connectivity index (χ0n) is 15.3. The van der Waals surface area contributed by atoms with Gasteiger partial charge in [0.05, 0.1) is 11.1 Å². The molecule has 9 heteroatoms. The van der Waals surface area contributed by atoms with E-state index in [2.05, 4.69) is 40.1 Å². The van der Waals surface area contributed by atoms with Crippen molar-refractivity contribution in [3.05, 3.63) is 36.0 Å². The molecule has 2 heterocycles. The average molecular weight is 386 g/mol. The van der Waals surface area contributed by atoms with Crippen molar-refractivity contribution in [1.82, 2.24) is 9.97 Å². The third kappa shape index (κ3) is 4.53. The topological polar surface area (TPSA) is 125 Å². The van der Waals surface area contributed by atoms with Crippen molar-refractivity contribution in [3.63, 3.8) is 0 Å². The zero-order chi connectivity index (χ0) is 19.7. The third-order valence-electron chi connectivity index (χ3n) is 4.53. The normalized spacial score (nSPS) is 16.6. The molecule has 1 fully saturated rings. The SMILES string of the molecule is CC1(C)CCCN(c2nc(Nc3ccc(S(N)(=O)=O)cc3)ncc2C#N)C1. The maximum atomic E-state index is 11.3. The summed E-state index contributed by atoms with van der Waals surface area (Å²) in [4.78, 5) is 10.9.